The Morgan fingerprint density at radius 3 is 1.47 bits per heavy atom. The number of hydrogen-bond donors (Lipinski definition) is 3. The van der Waals surface area contributed by atoms with E-state index in [1.807, 2.05) is 0 Å². The van der Waals surface area contributed by atoms with Gasteiger partial charge in [-0.2, -0.15) is 5.26 Å². The summed E-state index contributed by atoms with van der Waals surface area (Å²) in [6.07, 6.45) is 0. The summed E-state index contributed by atoms with van der Waals surface area (Å²) < 4.78 is 53.3. The van der Waals surface area contributed by atoms with Gasteiger partial charge in [0.25, 0.3) is 0 Å². The smallest absolute Gasteiger partial charge is 0.173 e. The topological polar surface area (TPSA) is 102 Å². The summed E-state index contributed by atoms with van der Waals surface area (Å²) in [5.41, 5.74) is 13.7. The molecule has 0 atom stereocenters. The summed E-state index contributed by atoms with van der Waals surface area (Å²) in [4.78, 5) is 0. The summed E-state index contributed by atoms with van der Waals surface area (Å²) in [5, 5.41) is 5.84. The second-order valence-corrected chi connectivity index (χ2v) is 2.99. The second-order valence-electron chi connectivity index (χ2n) is 2.99. The number of nitriles is 1. The van der Waals surface area contributed by atoms with Gasteiger partial charge in [0.1, 0.15) is 17.6 Å². The van der Waals surface area contributed by atoms with Crippen LogP contribution in [0, 0.1) is 34.6 Å². The van der Waals surface area contributed by atoms with Gasteiger partial charge in [0.15, 0.2) is 23.3 Å². The lowest BCUT2D eigenvalue weighted by molar-refractivity contribution is 0.433. The molecule has 0 saturated carbocycles. The molecule has 0 aromatic heterocycles. The van der Waals surface area contributed by atoms with Crippen LogP contribution in [-0.4, -0.2) is 0 Å². The number of rotatable bonds is 0. The van der Waals surface area contributed by atoms with E-state index in [1.54, 1.807) is 0 Å². The Morgan fingerprint density at radius 1 is 0.824 bits per heavy atom. The van der Waals surface area contributed by atoms with Crippen molar-refractivity contribution in [2.75, 3.05) is 0 Å². The highest BCUT2D eigenvalue weighted by molar-refractivity contribution is 5.56. The summed E-state index contributed by atoms with van der Waals surface area (Å²) in [6.45, 7) is 0. The van der Waals surface area contributed by atoms with E-state index in [4.69, 9.17) is 22.5 Å². The van der Waals surface area contributed by atoms with Gasteiger partial charge in [-0.15, -0.1) is 0 Å². The van der Waals surface area contributed by atoms with Crippen LogP contribution in [0.2, 0.25) is 0 Å². The highest BCUT2D eigenvalue weighted by Crippen LogP contribution is 2.03. The average molecular weight is 246 g/mol. The van der Waals surface area contributed by atoms with Crippen LogP contribution in [0.3, 0.4) is 0 Å². The average Bonchev–Trinajstić information content (AvgIpc) is 2.26. The Bertz CT molecular complexity index is 605. The van der Waals surface area contributed by atoms with Crippen molar-refractivity contribution in [3.8, 4) is 6.07 Å². The first kappa shape index (κ1) is 12.6. The normalized spacial score (nSPS) is 9.82. The molecule has 0 amide bonds. The molecule has 17 heavy (non-hydrogen) atoms. The van der Waals surface area contributed by atoms with Crippen LogP contribution in [-0.2, 0) is 0 Å². The first-order chi connectivity index (χ1) is 7.82. The van der Waals surface area contributed by atoms with Gasteiger partial charge in [0, 0.05) is 0 Å². The number of halogens is 4. The summed E-state index contributed by atoms with van der Waals surface area (Å²) in [5.74, 6) is -8.20. The third kappa shape index (κ3) is 1.82. The molecule has 0 saturated heterocycles. The summed E-state index contributed by atoms with van der Waals surface area (Å²) >= 11 is 0. The van der Waals surface area contributed by atoms with Crippen LogP contribution in [0.1, 0.15) is 0 Å². The van der Waals surface area contributed by atoms with Crippen molar-refractivity contribution in [2.24, 2.45) is 17.2 Å². The first-order valence-electron chi connectivity index (χ1n) is 4.10. The van der Waals surface area contributed by atoms with Gasteiger partial charge in [0.2, 0.25) is 0 Å². The minimum absolute atomic E-state index is 0.931. The van der Waals surface area contributed by atoms with Crippen LogP contribution in [0.5, 0.6) is 0 Å². The van der Waals surface area contributed by atoms with Gasteiger partial charge < -0.3 is 17.2 Å². The maximum atomic E-state index is 13.3. The summed E-state index contributed by atoms with van der Waals surface area (Å²) in [7, 11) is 0. The Kier molecular flexibility index (Phi) is 3.13. The van der Waals surface area contributed by atoms with Crippen molar-refractivity contribution >= 4 is 11.5 Å². The lowest BCUT2D eigenvalue weighted by Crippen LogP contribution is -2.35. The van der Waals surface area contributed by atoms with Crippen LogP contribution in [0.15, 0.2) is 0 Å². The van der Waals surface area contributed by atoms with Crippen LogP contribution < -0.4 is 27.6 Å². The zero-order valence-electron chi connectivity index (χ0n) is 8.19. The van der Waals surface area contributed by atoms with Gasteiger partial charge in [-0.3, -0.25) is 0 Å². The molecule has 6 N–H and O–H groups in total. The number of nitrogens with zero attached hydrogens (tertiary/aromatic N) is 1. The van der Waals surface area contributed by atoms with Crippen molar-refractivity contribution in [3.05, 3.63) is 33.7 Å². The standard InChI is InChI=1S/C9H6F4N4/c10-5-3(2(15)1-14)6(11)8(13)4(7(5)12)9(16)17/h15-17H2. The number of hydrogen-bond acceptors (Lipinski definition) is 4. The molecule has 0 aliphatic carbocycles. The molecule has 0 spiro atoms. The molecule has 0 aliphatic rings. The Labute approximate surface area is 92.2 Å². The van der Waals surface area contributed by atoms with Crippen LogP contribution in [0.4, 0.5) is 17.6 Å². The monoisotopic (exact) mass is 246 g/mol. The fraction of sp³-hybridized carbons (Fsp3) is 0. The Balaban J connectivity index is 4.16. The molecular weight excluding hydrogens is 240 g/mol. The van der Waals surface area contributed by atoms with E-state index >= 15 is 0 Å². The lowest BCUT2D eigenvalue weighted by atomic mass is 10.2. The van der Waals surface area contributed by atoms with Crippen molar-refractivity contribution < 1.29 is 17.6 Å². The van der Waals surface area contributed by atoms with Gasteiger partial charge in [-0.25, -0.2) is 17.6 Å². The molecule has 0 radical (unpaired) electrons. The molecule has 4 nitrogen and oxygen atoms in total. The Morgan fingerprint density at radius 2 is 1.18 bits per heavy atom. The van der Waals surface area contributed by atoms with E-state index in [9.17, 15) is 17.6 Å². The molecule has 1 aromatic rings. The van der Waals surface area contributed by atoms with E-state index in [0.29, 0.717) is 0 Å². The van der Waals surface area contributed by atoms with E-state index in [-0.39, 0.29) is 0 Å². The van der Waals surface area contributed by atoms with Gasteiger partial charge >= 0.3 is 0 Å². The van der Waals surface area contributed by atoms with E-state index in [0.717, 1.165) is 0 Å². The zero-order chi connectivity index (χ0) is 13.3. The third-order valence-corrected chi connectivity index (χ3v) is 1.94. The maximum Gasteiger partial charge on any atom is 0.173 e. The van der Waals surface area contributed by atoms with E-state index < -0.39 is 45.2 Å². The highest BCUT2D eigenvalue weighted by Gasteiger charge is 2.20. The molecule has 0 unspecified atom stereocenters. The van der Waals surface area contributed by atoms with Crippen molar-refractivity contribution in [1.29, 1.82) is 5.26 Å². The van der Waals surface area contributed by atoms with Gasteiger partial charge in [0.05, 0.1) is 10.4 Å². The fourth-order valence-electron chi connectivity index (χ4n) is 1.18. The lowest BCUT2D eigenvalue weighted by Gasteiger charge is -2.02. The van der Waals surface area contributed by atoms with Crippen molar-refractivity contribution in [2.45, 2.75) is 0 Å². The zero-order valence-corrected chi connectivity index (χ0v) is 8.19. The van der Waals surface area contributed by atoms with E-state index in [1.165, 1.54) is 6.07 Å². The molecule has 1 aromatic carbocycles. The van der Waals surface area contributed by atoms with Crippen LogP contribution in [0.25, 0.3) is 11.5 Å². The molecule has 0 heterocycles. The van der Waals surface area contributed by atoms with Gasteiger partial charge in [-0.1, -0.05) is 0 Å². The van der Waals surface area contributed by atoms with Crippen LogP contribution >= 0.6 is 0 Å². The predicted molar refractivity (Wildman–Crippen MR) is 50.5 cm³/mol. The summed E-state index contributed by atoms with van der Waals surface area (Å²) in [6, 6.07) is 1.18. The fourth-order valence-corrected chi connectivity index (χ4v) is 1.18. The molecular formula is C9H6F4N4. The molecule has 0 bridgehead atoms. The molecule has 1 rings (SSSR count). The Hall–Kier alpha value is -2.43. The number of nitrogens with two attached hydrogens (primary N) is 3. The van der Waals surface area contributed by atoms with Crippen molar-refractivity contribution in [1.82, 2.24) is 0 Å². The second kappa shape index (κ2) is 4.21. The molecule has 0 aliphatic heterocycles. The SMILES string of the molecule is N#CC(N)=c1c(F)c(F)c(=C(N)N)c(F)c1F. The molecule has 90 valence electrons. The van der Waals surface area contributed by atoms with E-state index in [2.05, 4.69) is 0 Å². The third-order valence-electron chi connectivity index (χ3n) is 1.94. The highest BCUT2D eigenvalue weighted by atomic mass is 19.2. The first-order valence-corrected chi connectivity index (χ1v) is 4.10. The molecule has 0 fully saturated rings. The molecule has 8 heteroatoms. The predicted octanol–water partition coefficient (Wildman–Crippen LogP) is -1.18. The largest absolute Gasteiger partial charge is 0.390 e. The maximum absolute atomic E-state index is 13.3. The quantitative estimate of drug-likeness (QED) is 0.396. The minimum atomic E-state index is -1.83. The van der Waals surface area contributed by atoms with Gasteiger partial charge in [-0.05, 0) is 0 Å². The minimum Gasteiger partial charge on any atom is -0.390 e. The number of benzene rings is 1. The van der Waals surface area contributed by atoms with Crippen molar-refractivity contribution in [3.63, 3.8) is 0 Å².